The van der Waals surface area contributed by atoms with Crippen molar-refractivity contribution in [1.29, 1.82) is 0 Å². The van der Waals surface area contributed by atoms with Crippen LogP contribution < -0.4 is 19.9 Å². The first-order valence-electron chi connectivity index (χ1n) is 6.09. The standard InChI is InChI=1S/C14H19F2NO3/c1-8(17)5-10-6-11(18-3)13(12(7-10)19-4)20-9(2)14(15)16/h6-8H,5,17H2,1-4H3. The lowest BCUT2D eigenvalue weighted by Crippen LogP contribution is -2.17. The molecular weight excluding hydrogens is 268 g/mol. The van der Waals surface area contributed by atoms with E-state index < -0.39 is 11.8 Å². The highest BCUT2D eigenvalue weighted by molar-refractivity contribution is 5.54. The van der Waals surface area contributed by atoms with Crippen molar-refractivity contribution >= 4 is 0 Å². The SMILES string of the molecule is COc1cc(CC(C)N)cc(OC)c1OC(C)=C(F)F. The summed E-state index contributed by atoms with van der Waals surface area (Å²) in [5, 5.41) is 0. The van der Waals surface area contributed by atoms with Crippen molar-refractivity contribution in [2.45, 2.75) is 26.3 Å². The molecule has 0 saturated carbocycles. The van der Waals surface area contributed by atoms with E-state index in [0.717, 1.165) is 5.56 Å². The van der Waals surface area contributed by atoms with Gasteiger partial charge in [0.15, 0.2) is 17.3 Å². The lowest BCUT2D eigenvalue weighted by atomic mass is 10.1. The highest BCUT2D eigenvalue weighted by Gasteiger charge is 2.17. The third-order valence-electron chi connectivity index (χ3n) is 2.60. The number of halogens is 2. The molecule has 4 nitrogen and oxygen atoms in total. The molecule has 2 N–H and O–H groups in total. The Bertz CT molecular complexity index is 472. The van der Waals surface area contributed by atoms with Crippen molar-refractivity contribution in [3.8, 4) is 17.2 Å². The second kappa shape index (κ2) is 7.09. The molecule has 0 amide bonds. The molecule has 0 aliphatic carbocycles. The maximum atomic E-state index is 12.5. The zero-order valence-corrected chi connectivity index (χ0v) is 12.0. The third-order valence-corrected chi connectivity index (χ3v) is 2.60. The smallest absolute Gasteiger partial charge is 0.307 e. The first kappa shape index (κ1) is 16.2. The van der Waals surface area contributed by atoms with E-state index in [2.05, 4.69) is 0 Å². The number of ether oxygens (including phenoxy) is 3. The summed E-state index contributed by atoms with van der Waals surface area (Å²) < 4.78 is 40.5. The molecule has 0 fully saturated rings. The van der Waals surface area contributed by atoms with Crippen LogP contribution in [0, 0.1) is 0 Å². The summed E-state index contributed by atoms with van der Waals surface area (Å²) in [7, 11) is 2.87. The Kier molecular flexibility index (Phi) is 5.76. The molecule has 0 spiro atoms. The van der Waals surface area contributed by atoms with Gasteiger partial charge in [-0.2, -0.15) is 8.78 Å². The number of hydrogen-bond donors (Lipinski definition) is 1. The summed E-state index contributed by atoms with van der Waals surface area (Å²) in [4.78, 5) is 0. The number of benzene rings is 1. The first-order valence-corrected chi connectivity index (χ1v) is 6.09. The molecule has 0 heterocycles. The summed E-state index contributed by atoms with van der Waals surface area (Å²) in [5.74, 6) is 0.261. The van der Waals surface area contributed by atoms with Crippen LogP contribution in [0.3, 0.4) is 0 Å². The van der Waals surface area contributed by atoms with Gasteiger partial charge in [-0.25, -0.2) is 0 Å². The van der Waals surface area contributed by atoms with Crippen LogP contribution >= 0.6 is 0 Å². The normalized spacial score (nSPS) is 11.8. The zero-order valence-electron chi connectivity index (χ0n) is 12.0. The number of nitrogens with two attached hydrogens (primary N) is 1. The Morgan fingerprint density at radius 3 is 2.05 bits per heavy atom. The van der Waals surface area contributed by atoms with Gasteiger partial charge in [0, 0.05) is 6.04 Å². The predicted octanol–water partition coefficient (Wildman–Crippen LogP) is 3.10. The maximum Gasteiger partial charge on any atom is 0.307 e. The molecule has 0 aliphatic heterocycles. The molecule has 0 saturated heterocycles. The molecule has 6 heteroatoms. The van der Waals surface area contributed by atoms with Gasteiger partial charge in [-0.3, -0.25) is 0 Å². The maximum absolute atomic E-state index is 12.5. The number of hydrogen-bond acceptors (Lipinski definition) is 4. The van der Waals surface area contributed by atoms with E-state index in [-0.39, 0.29) is 11.8 Å². The Labute approximate surface area is 117 Å². The molecule has 0 aromatic heterocycles. The van der Waals surface area contributed by atoms with Crippen molar-refractivity contribution in [3.05, 3.63) is 29.5 Å². The van der Waals surface area contributed by atoms with Crippen LogP contribution in [-0.2, 0) is 6.42 Å². The van der Waals surface area contributed by atoms with Crippen LogP contribution in [0.15, 0.2) is 24.0 Å². The molecule has 1 aromatic carbocycles. The van der Waals surface area contributed by atoms with Gasteiger partial charge in [0.1, 0.15) is 0 Å². The van der Waals surface area contributed by atoms with Crippen LogP contribution in [0.5, 0.6) is 17.2 Å². The van der Waals surface area contributed by atoms with Gasteiger partial charge in [-0.1, -0.05) is 0 Å². The molecule has 0 aliphatic rings. The molecular formula is C14H19F2NO3. The Balaban J connectivity index is 3.25. The highest BCUT2D eigenvalue weighted by atomic mass is 19.3. The number of methoxy groups -OCH3 is 2. The van der Waals surface area contributed by atoms with Gasteiger partial charge < -0.3 is 19.9 Å². The van der Waals surface area contributed by atoms with Crippen molar-refractivity contribution in [2.24, 2.45) is 5.73 Å². The van der Waals surface area contributed by atoms with Gasteiger partial charge >= 0.3 is 6.08 Å². The minimum atomic E-state index is -1.89. The van der Waals surface area contributed by atoms with Crippen LogP contribution in [0.1, 0.15) is 19.4 Å². The minimum Gasteiger partial charge on any atom is -0.493 e. The van der Waals surface area contributed by atoms with Crippen LogP contribution in [-0.4, -0.2) is 20.3 Å². The number of allylic oxidation sites excluding steroid dienone is 1. The van der Waals surface area contributed by atoms with Gasteiger partial charge in [-0.15, -0.1) is 0 Å². The van der Waals surface area contributed by atoms with Crippen molar-refractivity contribution in [1.82, 2.24) is 0 Å². The molecule has 1 rings (SSSR count). The summed E-state index contributed by atoms with van der Waals surface area (Å²) in [6.07, 6.45) is -1.28. The van der Waals surface area contributed by atoms with E-state index in [1.165, 1.54) is 21.1 Å². The average molecular weight is 287 g/mol. The second-order valence-electron chi connectivity index (χ2n) is 4.43. The van der Waals surface area contributed by atoms with E-state index in [1.54, 1.807) is 12.1 Å². The fourth-order valence-corrected chi connectivity index (χ4v) is 1.72. The largest absolute Gasteiger partial charge is 0.493 e. The Hall–Kier alpha value is -1.82. The Morgan fingerprint density at radius 1 is 1.20 bits per heavy atom. The highest BCUT2D eigenvalue weighted by Crippen LogP contribution is 2.40. The van der Waals surface area contributed by atoms with Gasteiger partial charge in [-0.05, 0) is 38.0 Å². The zero-order chi connectivity index (χ0) is 15.3. The molecule has 1 aromatic rings. The van der Waals surface area contributed by atoms with E-state index in [1.807, 2.05) is 6.92 Å². The van der Waals surface area contributed by atoms with E-state index in [4.69, 9.17) is 19.9 Å². The quantitative estimate of drug-likeness (QED) is 0.817. The topological polar surface area (TPSA) is 53.7 Å². The lowest BCUT2D eigenvalue weighted by Gasteiger charge is -2.16. The van der Waals surface area contributed by atoms with Gasteiger partial charge in [0.25, 0.3) is 0 Å². The van der Waals surface area contributed by atoms with E-state index >= 15 is 0 Å². The minimum absolute atomic E-state index is 0.0406. The molecule has 1 atom stereocenters. The van der Waals surface area contributed by atoms with E-state index in [9.17, 15) is 8.78 Å². The number of rotatable bonds is 6. The van der Waals surface area contributed by atoms with Gasteiger partial charge in [0.05, 0.1) is 14.2 Å². The molecule has 0 radical (unpaired) electrons. The summed E-state index contributed by atoms with van der Waals surface area (Å²) in [6.45, 7) is 3.04. The van der Waals surface area contributed by atoms with Crippen LogP contribution in [0.2, 0.25) is 0 Å². The summed E-state index contributed by atoms with van der Waals surface area (Å²) in [5.41, 5.74) is 6.62. The first-order chi connectivity index (χ1) is 9.38. The second-order valence-corrected chi connectivity index (χ2v) is 4.43. The van der Waals surface area contributed by atoms with Crippen molar-refractivity contribution < 1.29 is 23.0 Å². The average Bonchev–Trinajstić information content (AvgIpc) is 2.38. The lowest BCUT2D eigenvalue weighted by molar-refractivity contribution is 0.297. The molecule has 0 bridgehead atoms. The summed E-state index contributed by atoms with van der Waals surface area (Å²) >= 11 is 0. The van der Waals surface area contributed by atoms with E-state index in [0.29, 0.717) is 17.9 Å². The summed E-state index contributed by atoms with van der Waals surface area (Å²) in [6, 6.07) is 3.36. The molecule has 20 heavy (non-hydrogen) atoms. The predicted molar refractivity (Wildman–Crippen MR) is 72.4 cm³/mol. The monoisotopic (exact) mass is 287 g/mol. The Morgan fingerprint density at radius 2 is 1.70 bits per heavy atom. The van der Waals surface area contributed by atoms with Crippen molar-refractivity contribution in [3.63, 3.8) is 0 Å². The fourth-order valence-electron chi connectivity index (χ4n) is 1.72. The fraction of sp³-hybridized carbons (Fsp3) is 0.429. The third kappa shape index (κ3) is 4.09. The van der Waals surface area contributed by atoms with Gasteiger partial charge in [0.2, 0.25) is 5.75 Å². The van der Waals surface area contributed by atoms with Crippen LogP contribution in [0.4, 0.5) is 8.78 Å². The molecule has 112 valence electrons. The van der Waals surface area contributed by atoms with Crippen molar-refractivity contribution in [2.75, 3.05) is 14.2 Å². The molecule has 1 unspecified atom stereocenters. The van der Waals surface area contributed by atoms with Crippen LogP contribution in [0.25, 0.3) is 0 Å².